The van der Waals surface area contributed by atoms with Crippen LogP contribution in [0.25, 0.3) is 0 Å². The van der Waals surface area contributed by atoms with E-state index in [0.717, 1.165) is 4.88 Å². The van der Waals surface area contributed by atoms with Crippen LogP contribution < -0.4 is 4.80 Å². The lowest BCUT2D eigenvalue weighted by atomic mass is 9.96. The van der Waals surface area contributed by atoms with Crippen LogP contribution in [0.5, 0.6) is 0 Å². The molecule has 2 heterocycles. The second-order valence-corrected chi connectivity index (χ2v) is 8.67. The van der Waals surface area contributed by atoms with Gasteiger partial charge in [0.15, 0.2) is 4.80 Å². The number of piperidine rings is 1. The Kier molecular flexibility index (Phi) is 7.37. The van der Waals surface area contributed by atoms with Gasteiger partial charge in [-0.15, -0.1) is 11.3 Å². The van der Waals surface area contributed by atoms with E-state index in [4.69, 9.17) is 4.74 Å². The molecule has 1 aliphatic heterocycles. The van der Waals surface area contributed by atoms with Gasteiger partial charge in [0.25, 0.3) is 5.91 Å². The molecular weight excluding hydrogens is 421 g/mol. The number of nitrogens with zero attached hydrogens (tertiary/aromatic N) is 3. The third-order valence-electron chi connectivity index (χ3n) is 5.30. The summed E-state index contributed by atoms with van der Waals surface area (Å²) < 4.78 is 20.7. The minimum absolute atomic E-state index is 0.111. The number of aromatic nitrogens is 1. The molecule has 0 saturated carbocycles. The summed E-state index contributed by atoms with van der Waals surface area (Å²) in [6, 6.07) is 5.09. The Hall–Kier alpha value is -2.81. The van der Waals surface area contributed by atoms with Crippen molar-refractivity contribution in [1.29, 1.82) is 0 Å². The number of aryl methyl sites for hydroxylation is 1. The smallest absolute Gasteiger partial charge is 0.309 e. The number of carbonyl (C=O) groups excluding carboxylic acids is 3. The first-order valence-corrected chi connectivity index (χ1v) is 11.1. The minimum Gasteiger partial charge on any atom is -0.466 e. The average molecular weight is 448 g/mol. The first-order valence-electron chi connectivity index (χ1n) is 10.3. The van der Waals surface area contributed by atoms with Crippen LogP contribution in [0.2, 0.25) is 0 Å². The second-order valence-electron chi connectivity index (χ2n) is 7.46. The molecule has 3 rings (SSSR count). The van der Waals surface area contributed by atoms with E-state index in [9.17, 15) is 18.8 Å². The molecule has 1 aromatic carbocycles. The van der Waals surface area contributed by atoms with Gasteiger partial charge in [-0.05, 0) is 45.7 Å². The van der Waals surface area contributed by atoms with Gasteiger partial charge in [0, 0.05) is 24.2 Å². The number of hydrogen-bond donors (Lipinski definition) is 0. The molecule has 2 amide bonds. The summed E-state index contributed by atoms with van der Waals surface area (Å²) in [5.74, 6) is -1.83. The summed E-state index contributed by atoms with van der Waals surface area (Å²) in [4.78, 5) is 44.5. The molecule has 0 spiro atoms. The molecule has 1 saturated heterocycles. The number of hydrogen-bond acceptors (Lipinski definition) is 5. The molecule has 1 atom stereocenters. The van der Waals surface area contributed by atoms with Gasteiger partial charge in [0.05, 0.1) is 18.1 Å². The molecular formula is C22H26FN3O4S. The van der Waals surface area contributed by atoms with Crippen LogP contribution in [0, 0.1) is 18.7 Å². The van der Waals surface area contributed by atoms with Gasteiger partial charge in [-0.1, -0.05) is 12.1 Å². The van der Waals surface area contributed by atoms with Crippen LogP contribution in [0.15, 0.2) is 35.5 Å². The minimum atomic E-state index is -0.691. The zero-order chi connectivity index (χ0) is 22.5. The SMILES string of the molecule is CCOC(=O)C1CCN(C(=O)C(C)n2cc(C)sc2=NC(=O)c2ccccc2F)CC1. The van der Waals surface area contributed by atoms with Gasteiger partial charge in [0.2, 0.25) is 5.91 Å². The summed E-state index contributed by atoms with van der Waals surface area (Å²) in [6.07, 6.45) is 2.90. The molecule has 2 aromatic rings. The standard InChI is InChI=1S/C22H26FN3O4S/c1-4-30-21(29)16-9-11-25(12-10-16)20(28)15(3)26-13-14(2)31-22(26)24-19(27)17-7-5-6-8-18(17)23/h5-8,13,15-16H,4,9-12H2,1-3H3. The zero-order valence-electron chi connectivity index (χ0n) is 17.8. The maximum atomic E-state index is 13.9. The Bertz CT molecular complexity index is 1040. The van der Waals surface area contributed by atoms with Gasteiger partial charge in [-0.2, -0.15) is 4.99 Å². The van der Waals surface area contributed by atoms with Crippen molar-refractivity contribution in [2.75, 3.05) is 19.7 Å². The molecule has 7 nitrogen and oxygen atoms in total. The largest absolute Gasteiger partial charge is 0.466 e. The summed E-state index contributed by atoms with van der Waals surface area (Å²) in [7, 11) is 0. The summed E-state index contributed by atoms with van der Waals surface area (Å²) >= 11 is 1.27. The van der Waals surface area contributed by atoms with Gasteiger partial charge in [-0.25, -0.2) is 4.39 Å². The van der Waals surface area contributed by atoms with E-state index in [1.807, 2.05) is 6.92 Å². The van der Waals surface area contributed by atoms with Crippen molar-refractivity contribution in [2.24, 2.45) is 10.9 Å². The number of rotatable bonds is 5. The van der Waals surface area contributed by atoms with E-state index >= 15 is 0 Å². The predicted molar refractivity (Wildman–Crippen MR) is 114 cm³/mol. The van der Waals surface area contributed by atoms with Crippen molar-refractivity contribution in [3.63, 3.8) is 0 Å². The van der Waals surface area contributed by atoms with Gasteiger partial charge >= 0.3 is 5.97 Å². The van der Waals surface area contributed by atoms with E-state index < -0.39 is 17.8 Å². The molecule has 0 bridgehead atoms. The van der Waals surface area contributed by atoms with Crippen molar-refractivity contribution >= 4 is 29.1 Å². The average Bonchev–Trinajstić information content (AvgIpc) is 3.13. The quantitative estimate of drug-likeness (QED) is 0.660. The van der Waals surface area contributed by atoms with Crippen molar-refractivity contribution < 1.29 is 23.5 Å². The highest BCUT2D eigenvalue weighted by Crippen LogP contribution is 2.22. The highest BCUT2D eigenvalue weighted by atomic mass is 32.1. The lowest BCUT2D eigenvalue weighted by molar-refractivity contribution is -0.151. The lowest BCUT2D eigenvalue weighted by Crippen LogP contribution is -2.44. The number of esters is 1. The Morgan fingerprint density at radius 3 is 2.58 bits per heavy atom. The van der Waals surface area contributed by atoms with E-state index in [1.54, 1.807) is 35.6 Å². The fourth-order valence-electron chi connectivity index (χ4n) is 3.59. The maximum absolute atomic E-state index is 13.9. The summed E-state index contributed by atoms with van der Waals surface area (Å²) in [5, 5.41) is 0. The van der Waals surface area contributed by atoms with Gasteiger partial charge in [0.1, 0.15) is 11.9 Å². The van der Waals surface area contributed by atoms with E-state index in [-0.39, 0.29) is 23.4 Å². The molecule has 0 aliphatic carbocycles. The number of halogens is 1. The van der Waals surface area contributed by atoms with E-state index in [0.29, 0.717) is 37.3 Å². The van der Waals surface area contributed by atoms with Crippen LogP contribution in [0.4, 0.5) is 4.39 Å². The highest BCUT2D eigenvalue weighted by molar-refractivity contribution is 7.09. The first-order chi connectivity index (χ1) is 14.8. The van der Waals surface area contributed by atoms with Crippen LogP contribution in [-0.4, -0.2) is 46.9 Å². The van der Waals surface area contributed by atoms with Crippen LogP contribution >= 0.6 is 11.3 Å². The number of thiazole rings is 1. The predicted octanol–water partition coefficient (Wildman–Crippen LogP) is 3.10. The zero-order valence-corrected chi connectivity index (χ0v) is 18.7. The second kappa shape index (κ2) is 10.00. The van der Waals surface area contributed by atoms with Crippen LogP contribution in [0.1, 0.15) is 48.0 Å². The molecule has 9 heteroatoms. The number of likely N-dealkylation sites (tertiary alicyclic amines) is 1. The topological polar surface area (TPSA) is 81.0 Å². The monoisotopic (exact) mass is 447 g/mol. The van der Waals surface area contributed by atoms with Crippen LogP contribution in [0.3, 0.4) is 0 Å². The molecule has 0 N–H and O–H groups in total. The third-order valence-corrected chi connectivity index (χ3v) is 6.21. The first kappa shape index (κ1) is 22.9. The van der Waals surface area contributed by atoms with Gasteiger partial charge < -0.3 is 14.2 Å². The van der Waals surface area contributed by atoms with E-state index in [2.05, 4.69) is 4.99 Å². The van der Waals surface area contributed by atoms with Crippen molar-refractivity contribution in [3.8, 4) is 0 Å². The third kappa shape index (κ3) is 5.28. The molecule has 166 valence electrons. The van der Waals surface area contributed by atoms with E-state index in [1.165, 1.54) is 29.5 Å². The molecule has 0 radical (unpaired) electrons. The summed E-state index contributed by atoms with van der Waals surface area (Å²) in [6.45, 7) is 6.67. The Labute approximate surface area is 184 Å². The Balaban J connectivity index is 1.76. The molecule has 1 fully saturated rings. The number of amides is 2. The Morgan fingerprint density at radius 2 is 1.94 bits per heavy atom. The molecule has 1 unspecified atom stereocenters. The fraction of sp³-hybridized carbons (Fsp3) is 0.455. The van der Waals surface area contributed by atoms with Gasteiger partial charge in [-0.3, -0.25) is 14.4 Å². The van der Waals surface area contributed by atoms with Crippen molar-refractivity contribution in [1.82, 2.24) is 9.47 Å². The number of ether oxygens (including phenoxy) is 1. The Morgan fingerprint density at radius 1 is 1.26 bits per heavy atom. The van der Waals surface area contributed by atoms with Crippen molar-refractivity contribution in [2.45, 2.75) is 39.7 Å². The normalized spacial score (nSPS) is 16.3. The summed E-state index contributed by atoms with van der Waals surface area (Å²) in [5.41, 5.74) is -0.111. The van der Waals surface area contributed by atoms with Crippen LogP contribution in [-0.2, 0) is 14.3 Å². The number of benzene rings is 1. The van der Waals surface area contributed by atoms with Crippen molar-refractivity contribution in [3.05, 3.63) is 51.5 Å². The molecule has 1 aromatic heterocycles. The maximum Gasteiger partial charge on any atom is 0.309 e. The molecule has 1 aliphatic rings. The number of carbonyl (C=O) groups is 3. The molecule has 31 heavy (non-hydrogen) atoms. The fourth-order valence-corrected chi connectivity index (χ4v) is 4.49. The lowest BCUT2D eigenvalue weighted by Gasteiger charge is -2.32. The highest BCUT2D eigenvalue weighted by Gasteiger charge is 2.31.